The normalized spacial score (nSPS) is 72.0. The van der Waals surface area contributed by atoms with Gasteiger partial charge in [-0.2, -0.15) is 0 Å². The minimum absolute atomic E-state index is 0.917. The second kappa shape index (κ2) is 0.576. The van der Waals surface area contributed by atoms with Crippen LogP contribution in [0.5, 0.6) is 0 Å². The maximum absolute atomic E-state index is 3.44. The topological polar surface area (TPSA) is 12.0 Å². The van der Waals surface area contributed by atoms with E-state index in [2.05, 4.69) is 5.32 Å². The highest BCUT2D eigenvalue weighted by molar-refractivity contribution is 5.29. The molecule has 0 aromatic heterocycles. The van der Waals surface area contributed by atoms with Crippen molar-refractivity contribution < 1.29 is 0 Å². The summed E-state index contributed by atoms with van der Waals surface area (Å²) in [5.74, 6) is 1.15. The van der Waals surface area contributed by atoms with Gasteiger partial charge in [-0.3, -0.25) is 0 Å². The van der Waals surface area contributed by atoms with Gasteiger partial charge < -0.3 is 5.32 Å². The first-order chi connectivity index (χ1) is 3.43. The van der Waals surface area contributed by atoms with Gasteiger partial charge in [-0.25, -0.2) is 0 Å². The van der Waals surface area contributed by atoms with Gasteiger partial charge >= 0.3 is 0 Å². The maximum atomic E-state index is 3.44. The van der Waals surface area contributed by atoms with Crippen molar-refractivity contribution in [1.29, 1.82) is 0 Å². The molecule has 3 atom stereocenters. The van der Waals surface area contributed by atoms with Crippen LogP contribution in [-0.4, -0.2) is 12.6 Å². The number of nitrogens with one attached hydrogen (secondary N) is 1. The second-order valence-electron chi connectivity index (χ2n) is 3.24. The summed E-state index contributed by atoms with van der Waals surface area (Å²) >= 11 is 0. The standard InChI is InChI=1S/C6H9N/c1-2-6-3-7-5(6)4(1)6/h4-5,7H,1-3H2. The van der Waals surface area contributed by atoms with Crippen LogP contribution >= 0.6 is 0 Å². The molecular formula is C6H9N. The SMILES string of the molecule is C1CC23CNC2C13. The van der Waals surface area contributed by atoms with Gasteiger partial charge in [0.1, 0.15) is 0 Å². The van der Waals surface area contributed by atoms with E-state index in [1.807, 2.05) is 0 Å². The number of fused-ring (bicyclic) bond motifs is 1. The third-order valence-corrected chi connectivity index (χ3v) is 3.22. The molecule has 1 aliphatic heterocycles. The first kappa shape index (κ1) is 3.08. The van der Waals surface area contributed by atoms with Crippen LogP contribution in [0.4, 0.5) is 0 Å². The van der Waals surface area contributed by atoms with Crippen molar-refractivity contribution in [3.8, 4) is 0 Å². The van der Waals surface area contributed by atoms with E-state index < -0.39 is 0 Å². The summed E-state index contributed by atoms with van der Waals surface area (Å²) < 4.78 is 0. The molecule has 1 heterocycles. The zero-order valence-corrected chi connectivity index (χ0v) is 4.28. The summed E-state index contributed by atoms with van der Waals surface area (Å²) in [4.78, 5) is 0. The molecule has 0 aromatic rings. The van der Waals surface area contributed by atoms with E-state index in [0.29, 0.717) is 0 Å². The highest BCUT2D eigenvalue weighted by atomic mass is 15.2. The Morgan fingerprint density at radius 1 is 1.57 bits per heavy atom. The zero-order valence-electron chi connectivity index (χ0n) is 4.28. The zero-order chi connectivity index (χ0) is 4.48. The lowest BCUT2D eigenvalue weighted by molar-refractivity contribution is 0.240. The van der Waals surface area contributed by atoms with Crippen molar-refractivity contribution in [2.45, 2.75) is 18.9 Å². The number of rotatable bonds is 0. The largest absolute Gasteiger partial charge is 0.312 e. The van der Waals surface area contributed by atoms with Crippen molar-refractivity contribution in [3.63, 3.8) is 0 Å². The highest BCUT2D eigenvalue weighted by Gasteiger charge is 2.75. The molecule has 2 aliphatic carbocycles. The molecule has 3 aliphatic rings. The molecule has 0 radical (unpaired) electrons. The molecule has 0 amide bonds. The van der Waals surface area contributed by atoms with E-state index >= 15 is 0 Å². The number of hydrogen-bond acceptors (Lipinski definition) is 1. The van der Waals surface area contributed by atoms with Gasteiger partial charge in [-0.05, 0) is 18.8 Å². The van der Waals surface area contributed by atoms with E-state index in [1.54, 1.807) is 0 Å². The summed E-state index contributed by atoms with van der Waals surface area (Å²) in [5, 5.41) is 3.44. The molecule has 0 aromatic carbocycles. The summed E-state index contributed by atoms with van der Waals surface area (Å²) in [6, 6.07) is 1.01. The lowest BCUT2D eigenvalue weighted by Crippen LogP contribution is -2.42. The smallest absolute Gasteiger partial charge is 0.0174 e. The fourth-order valence-corrected chi connectivity index (χ4v) is 2.43. The minimum Gasteiger partial charge on any atom is -0.312 e. The Kier molecular flexibility index (Phi) is 0.253. The molecule has 1 spiro atoms. The molecule has 7 heavy (non-hydrogen) atoms. The van der Waals surface area contributed by atoms with Crippen LogP contribution in [0.1, 0.15) is 12.8 Å². The minimum atomic E-state index is 0.917. The quantitative estimate of drug-likeness (QED) is 0.458. The van der Waals surface area contributed by atoms with Crippen LogP contribution in [0.2, 0.25) is 0 Å². The van der Waals surface area contributed by atoms with Gasteiger partial charge in [0.05, 0.1) is 0 Å². The van der Waals surface area contributed by atoms with Gasteiger partial charge in [0, 0.05) is 18.0 Å². The van der Waals surface area contributed by atoms with Crippen molar-refractivity contribution in [3.05, 3.63) is 0 Å². The molecule has 3 unspecified atom stereocenters. The van der Waals surface area contributed by atoms with Crippen molar-refractivity contribution >= 4 is 0 Å². The maximum Gasteiger partial charge on any atom is 0.0174 e. The van der Waals surface area contributed by atoms with Crippen LogP contribution in [0.25, 0.3) is 0 Å². The Hall–Kier alpha value is -0.0400. The predicted molar refractivity (Wildman–Crippen MR) is 26.9 cm³/mol. The Balaban J connectivity index is 2.08. The Morgan fingerprint density at radius 3 is 2.57 bits per heavy atom. The van der Waals surface area contributed by atoms with Crippen molar-refractivity contribution in [2.75, 3.05) is 6.54 Å². The molecule has 1 saturated heterocycles. The predicted octanol–water partition coefficient (Wildman–Crippen LogP) is 0.368. The lowest BCUT2D eigenvalue weighted by atomic mass is 9.83. The van der Waals surface area contributed by atoms with Crippen LogP contribution in [-0.2, 0) is 0 Å². The summed E-state index contributed by atoms with van der Waals surface area (Å²) in [6.45, 7) is 1.35. The molecule has 3 rings (SSSR count). The van der Waals surface area contributed by atoms with Gasteiger partial charge in [0.15, 0.2) is 0 Å². The first-order valence-corrected chi connectivity index (χ1v) is 3.17. The molecule has 2 saturated carbocycles. The second-order valence-corrected chi connectivity index (χ2v) is 3.24. The average molecular weight is 95.1 g/mol. The summed E-state index contributed by atoms with van der Waals surface area (Å²) in [7, 11) is 0. The van der Waals surface area contributed by atoms with E-state index in [4.69, 9.17) is 0 Å². The molecular weight excluding hydrogens is 86.1 g/mol. The third-order valence-electron chi connectivity index (χ3n) is 3.22. The highest BCUT2D eigenvalue weighted by Crippen LogP contribution is 2.71. The average Bonchev–Trinajstić information content (AvgIpc) is 1.75. The first-order valence-electron chi connectivity index (χ1n) is 3.17. The fraction of sp³-hybridized carbons (Fsp3) is 1.00. The summed E-state index contributed by atoms with van der Waals surface area (Å²) in [6.07, 6.45) is 3.06. The van der Waals surface area contributed by atoms with Crippen LogP contribution < -0.4 is 5.32 Å². The van der Waals surface area contributed by atoms with E-state index in [0.717, 1.165) is 17.4 Å². The van der Waals surface area contributed by atoms with Crippen LogP contribution in [0.15, 0.2) is 0 Å². The molecule has 3 fully saturated rings. The van der Waals surface area contributed by atoms with Gasteiger partial charge in [0.25, 0.3) is 0 Å². The monoisotopic (exact) mass is 95.1 g/mol. The van der Waals surface area contributed by atoms with Gasteiger partial charge in [-0.15, -0.1) is 0 Å². The van der Waals surface area contributed by atoms with Gasteiger partial charge in [0.2, 0.25) is 0 Å². The Labute approximate surface area is 43.1 Å². The van der Waals surface area contributed by atoms with E-state index in [1.165, 1.54) is 19.4 Å². The Morgan fingerprint density at radius 2 is 2.57 bits per heavy atom. The van der Waals surface area contributed by atoms with Crippen molar-refractivity contribution in [1.82, 2.24) is 5.32 Å². The lowest BCUT2D eigenvalue weighted by Gasteiger charge is -2.29. The molecule has 1 N–H and O–H groups in total. The van der Waals surface area contributed by atoms with Crippen molar-refractivity contribution in [2.24, 2.45) is 11.3 Å². The molecule has 0 bridgehead atoms. The van der Waals surface area contributed by atoms with Crippen LogP contribution in [0, 0.1) is 11.3 Å². The van der Waals surface area contributed by atoms with E-state index in [-0.39, 0.29) is 0 Å². The molecule has 1 nitrogen and oxygen atoms in total. The molecule has 38 valence electrons. The van der Waals surface area contributed by atoms with E-state index in [9.17, 15) is 0 Å². The van der Waals surface area contributed by atoms with Crippen LogP contribution in [0.3, 0.4) is 0 Å². The summed E-state index contributed by atoms with van der Waals surface area (Å²) in [5.41, 5.74) is 0.917. The molecule has 1 heteroatoms. The Bertz CT molecular complexity index is 114. The fourth-order valence-electron chi connectivity index (χ4n) is 2.43. The number of hydrogen-bond donors (Lipinski definition) is 1. The van der Waals surface area contributed by atoms with Gasteiger partial charge in [-0.1, -0.05) is 0 Å². The third kappa shape index (κ3) is 0.139.